The van der Waals surface area contributed by atoms with Crippen LogP contribution in [-0.4, -0.2) is 31.0 Å². The molecule has 0 saturated carbocycles. The van der Waals surface area contributed by atoms with Crippen molar-refractivity contribution < 1.29 is 19.7 Å². The van der Waals surface area contributed by atoms with Gasteiger partial charge >= 0.3 is 0 Å². The molecule has 5 heteroatoms. The number of rotatable bonds is 4. The molecule has 0 bridgehead atoms. The number of benzene rings is 1. The first-order valence-electron chi connectivity index (χ1n) is 4.98. The van der Waals surface area contributed by atoms with E-state index in [4.69, 9.17) is 9.47 Å². The van der Waals surface area contributed by atoms with E-state index in [1.165, 1.54) is 14.2 Å². The lowest BCUT2D eigenvalue weighted by Gasteiger charge is -2.18. The predicted molar refractivity (Wildman–Crippen MR) is 61.8 cm³/mol. The Hall–Kier alpha value is -1.78. The monoisotopic (exact) mass is 227 g/mol. The fraction of sp³-hybridized carbons (Fsp3) is 0.455. The maximum absolute atomic E-state index is 9.94. The Bertz CT molecular complexity index is 390. The van der Waals surface area contributed by atoms with Crippen molar-refractivity contribution in [3.8, 4) is 23.0 Å². The van der Waals surface area contributed by atoms with Crippen molar-refractivity contribution in [1.82, 2.24) is 0 Å². The molecule has 1 rings (SSSR count). The summed E-state index contributed by atoms with van der Waals surface area (Å²) in [5, 5.41) is 22.8. The first kappa shape index (κ1) is 12.3. The van der Waals surface area contributed by atoms with Crippen LogP contribution in [0.5, 0.6) is 23.0 Å². The summed E-state index contributed by atoms with van der Waals surface area (Å²) in [5.74, 6) is 0.308. The van der Waals surface area contributed by atoms with E-state index >= 15 is 0 Å². The van der Waals surface area contributed by atoms with Crippen molar-refractivity contribution >= 4 is 5.69 Å². The van der Waals surface area contributed by atoms with Crippen LogP contribution in [0.2, 0.25) is 0 Å². The number of phenols is 2. The van der Waals surface area contributed by atoms with Crippen LogP contribution in [0.3, 0.4) is 0 Å². The van der Waals surface area contributed by atoms with Gasteiger partial charge in [0, 0.05) is 12.1 Å². The topological polar surface area (TPSA) is 71.0 Å². The summed E-state index contributed by atoms with van der Waals surface area (Å²) < 4.78 is 10.1. The lowest BCUT2D eigenvalue weighted by Crippen LogP contribution is -2.02. The standard InChI is InChI=1S/C11H17NO4/c1-5-12-7-8(13)6(2)10(15-3)9(14)11(7)16-4/h12-14H,5H2,1-4H3. The number of nitrogens with one attached hydrogen (secondary N) is 1. The summed E-state index contributed by atoms with van der Waals surface area (Å²) in [4.78, 5) is 0. The molecule has 0 unspecified atom stereocenters. The number of phenolic OH excluding ortho intramolecular Hbond substituents is 2. The molecule has 0 aliphatic carbocycles. The van der Waals surface area contributed by atoms with E-state index in [0.29, 0.717) is 17.8 Å². The molecule has 0 spiro atoms. The summed E-state index contributed by atoms with van der Waals surface area (Å²) in [6, 6.07) is 0. The van der Waals surface area contributed by atoms with Gasteiger partial charge in [-0.1, -0.05) is 0 Å². The van der Waals surface area contributed by atoms with Gasteiger partial charge in [-0.3, -0.25) is 0 Å². The smallest absolute Gasteiger partial charge is 0.203 e. The summed E-state index contributed by atoms with van der Waals surface area (Å²) in [6.07, 6.45) is 0. The number of hydrogen-bond acceptors (Lipinski definition) is 5. The molecule has 0 atom stereocenters. The zero-order valence-electron chi connectivity index (χ0n) is 9.92. The molecule has 0 heterocycles. The van der Waals surface area contributed by atoms with Crippen molar-refractivity contribution in [2.45, 2.75) is 13.8 Å². The largest absolute Gasteiger partial charge is 0.505 e. The minimum atomic E-state index is -0.115. The molecule has 5 nitrogen and oxygen atoms in total. The predicted octanol–water partition coefficient (Wildman–Crippen LogP) is 1.86. The molecule has 0 aliphatic rings. The van der Waals surface area contributed by atoms with Gasteiger partial charge in [-0.25, -0.2) is 0 Å². The lowest BCUT2D eigenvalue weighted by molar-refractivity contribution is 0.334. The molecule has 1 aromatic rings. The van der Waals surface area contributed by atoms with E-state index in [-0.39, 0.29) is 23.0 Å². The van der Waals surface area contributed by atoms with Crippen LogP contribution < -0.4 is 14.8 Å². The van der Waals surface area contributed by atoms with Gasteiger partial charge in [-0.15, -0.1) is 0 Å². The van der Waals surface area contributed by atoms with Gasteiger partial charge in [0.1, 0.15) is 11.4 Å². The van der Waals surface area contributed by atoms with Gasteiger partial charge < -0.3 is 25.0 Å². The van der Waals surface area contributed by atoms with E-state index in [1.54, 1.807) is 6.92 Å². The third-order valence-electron chi connectivity index (χ3n) is 2.35. The molecule has 0 amide bonds. The Morgan fingerprint density at radius 1 is 1.06 bits per heavy atom. The minimum absolute atomic E-state index is 0.0216. The molecular formula is C11H17NO4. The molecule has 0 radical (unpaired) electrons. The van der Waals surface area contributed by atoms with E-state index in [9.17, 15) is 10.2 Å². The minimum Gasteiger partial charge on any atom is -0.505 e. The molecule has 1 aromatic carbocycles. The SMILES string of the molecule is CCNc1c(O)c(C)c(OC)c(O)c1OC. The van der Waals surface area contributed by atoms with Crippen molar-refractivity contribution in [2.75, 3.05) is 26.1 Å². The summed E-state index contributed by atoms with van der Waals surface area (Å²) >= 11 is 0. The Labute approximate surface area is 94.6 Å². The molecule has 0 aromatic heterocycles. The molecule has 90 valence electrons. The molecule has 16 heavy (non-hydrogen) atoms. The molecule has 3 N–H and O–H groups in total. The molecule has 0 fully saturated rings. The highest BCUT2D eigenvalue weighted by molar-refractivity contribution is 5.77. The summed E-state index contributed by atoms with van der Waals surface area (Å²) in [6.45, 7) is 4.15. The Balaban J connectivity index is 3.49. The highest BCUT2D eigenvalue weighted by atomic mass is 16.5. The van der Waals surface area contributed by atoms with Crippen molar-refractivity contribution in [2.24, 2.45) is 0 Å². The first-order valence-corrected chi connectivity index (χ1v) is 4.98. The fourth-order valence-corrected chi connectivity index (χ4v) is 1.59. The van der Waals surface area contributed by atoms with Crippen molar-refractivity contribution in [3.63, 3.8) is 0 Å². The summed E-state index contributed by atoms with van der Waals surface area (Å²) in [7, 11) is 2.85. The second-order valence-corrected chi connectivity index (χ2v) is 3.29. The second kappa shape index (κ2) is 4.83. The quantitative estimate of drug-likeness (QED) is 0.541. The van der Waals surface area contributed by atoms with Crippen LogP contribution in [0.15, 0.2) is 0 Å². The Morgan fingerprint density at radius 3 is 2.06 bits per heavy atom. The van der Waals surface area contributed by atoms with Gasteiger partial charge in [0.15, 0.2) is 11.5 Å². The normalized spacial score (nSPS) is 10.0. The number of ether oxygens (including phenoxy) is 2. The zero-order valence-corrected chi connectivity index (χ0v) is 9.92. The van der Waals surface area contributed by atoms with Crippen LogP contribution in [0.4, 0.5) is 5.69 Å². The van der Waals surface area contributed by atoms with Gasteiger partial charge in [0.05, 0.1) is 14.2 Å². The highest BCUT2D eigenvalue weighted by Gasteiger charge is 2.22. The Kier molecular flexibility index (Phi) is 3.71. The Morgan fingerprint density at radius 2 is 1.62 bits per heavy atom. The third kappa shape index (κ3) is 1.80. The van der Waals surface area contributed by atoms with E-state index in [0.717, 1.165) is 0 Å². The average Bonchev–Trinajstić information content (AvgIpc) is 2.27. The van der Waals surface area contributed by atoms with E-state index < -0.39 is 0 Å². The van der Waals surface area contributed by atoms with Gasteiger partial charge in [0.25, 0.3) is 0 Å². The van der Waals surface area contributed by atoms with Gasteiger partial charge in [-0.2, -0.15) is 0 Å². The number of aromatic hydroxyl groups is 2. The number of hydrogen-bond donors (Lipinski definition) is 3. The molecule has 0 aliphatic heterocycles. The molecule has 0 saturated heterocycles. The molecular weight excluding hydrogens is 210 g/mol. The van der Waals surface area contributed by atoms with Crippen LogP contribution in [0.1, 0.15) is 12.5 Å². The summed E-state index contributed by atoms with van der Waals surface area (Å²) in [5.41, 5.74) is 0.845. The van der Waals surface area contributed by atoms with Crippen LogP contribution in [0.25, 0.3) is 0 Å². The van der Waals surface area contributed by atoms with Crippen molar-refractivity contribution in [3.05, 3.63) is 5.56 Å². The maximum atomic E-state index is 9.94. The van der Waals surface area contributed by atoms with Crippen LogP contribution in [-0.2, 0) is 0 Å². The lowest BCUT2D eigenvalue weighted by atomic mass is 10.1. The zero-order chi connectivity index (χ0) is 12.3. The third-order valence-corrected chi connectivity index (χ3v) is 2.35. The highest BCUT2D eigenvalue weighted by Crippen LogP contribution is 2.50. The number of methoxy groups -OCH3 is 2. The fourth-order valence-electron chi connectivity index (χ4n) is 1.59. The maximum Gasteiger partial charge on any atom is 0.203 e. The average molecular weight is 227 g/mol. The van der Waals surface area contributed by atoms with E-state index in [1.807, 2.05) is 6.92 Å². The number of anilines is 1. The van der Waals surface area contributed by atoms with E-state index in [2.05, 4.69) is 5.32 Å². The van der Waals surface area contributed by atoms with Gasteiger partial charge in [0.2, 0.25) is 5.75 Å². The first-order chi connectivity index (χ1) is 7.58. The van der Waals surface area contributed by atoms with Crippen molar-refractivity contribution in [1.29, 1.82) is 0 Å². The second-order valence-electron chi connectivity index (χ2n) is 3.29. The van der Waals surface area contributed by atoms with Gasteiger partial charge in [-0.05, 0) is 13.8 Å². The van der Waals surface area contributed by atoms with Crippen LogP contribution >= 0.6 is 0 Å². The van der Waals surface area contributed by atoms with Crippen LogP contribution in [0, 0.1) is 6.92 Å².